The number of hydrogen-bond donors (Lipinski definition) is 4. The Labute approximate surface area is 150 Å². The summed E-state index contributed by atoms with van der Waals surface area (Å²) in [5.41, 5.74) is 1.02. The van der Waals surface area contributed by atoms with Gasteiger partial charge >= 0.3 is 11.9 Å². The Morgan fingerprint density at radius 1 is 1.08 bits per heavy atom. The normalized spacial score (nSPS) is 9.83. The average molecular weight is 382 g/mol. The third-order valence-electron chi connectivity index (χ3n) is 2.61. The van der Waals surface area contributed by atoms with E-state index in [0.717, 1.165) is 24.9 Å². The zero-order valence-electron chi connectivity index (χ0n) is 13.2. The van der Waals surface area contributed by atoms with Gasteiger partial charge in [-0.1, -0.05) is 23.2 Å². The number of unbranched alkanes of at least 4 members (excludes halogenated alkanes) is 1. The minimum absolute atomic E-state index is 0.172. The highest BCUT2D eigenvalue weighted by Crippen LogP contribution is 2.34. The van der Waals surface area contributed by atoms with Gasteiger partial charge in [0, 0.05) is 6.54 Å². The first kappa shape index (κ1) is 22.5. The fraction of sp³-hybridized carbons (Fsp3) is 0.467. The molecule has 9 heteroatoms. The minimum atomic E-state index is -1.82. The smallest absolute Gasteiger partial charge is 0.414 e. The largest absolute Gasteiger partial charge is 0.490 e. The second kappa shape index (κ2) is 12.8. The quantitative estimate of drug-likeness (QED) is 0.402. The molecule has 7 nitrogen and oxygen atoms in total. The summed E-state index contributed by atoms with van der Waals surface area (Å²) in [6.45, 7) is 4.21. The van der Waals surface area contributed by atoms with Gasteiger partial charge in [-0.15, -0.1) is 0 Å². The van der Waals surface area contributed by atoms with E-state index >= 15 is 0 Å². The number of carboxylic acid groups (broad SMARTS) is 2. The molecule has 4 N–H and O–H groups in total. The molecule has 0 aromatic heterocycles. The van der Waals surface area contributed by atoms with Crippen LogP contribution in [0.1, 0.15) is 18.4 Å². The Morgan fingerprint density at radius 2 is 1.62 bits per heavy atom. The Hall–Kier alpha value is -1.54. The van der Waals surface area contributed by atoms with Crippen LogP contribution in [-0.2, 0) is 9.59 Å². The van der Waals surface area contributed by atoms with E-state index in [-0.39, 0.29) is 6.61 Å². The average Bonchev–Trinajstić information content (AvgIpc) is 2.49. The van der Waals surface area contributed by atoms with Gasteiger partial charge < -0.3 is 25.4 Å². The van der Waals surface area contributed by atoms with Crippen LogP contribution in [0.5, 0.6) is 5.75 Å². The van der Waals surface area contributed by atoms with Crippen molar-refractivity contribution in [2.45, 2.75) is 19.8 Å². The zero-order valence-corrected chi connectivity index (χ0v) is 14.7. The number of ether oxygens (including phenoxy) is 1. The summed E-state index contributed by atoms with van der Waals surface area (Å²) in [6.07, 6.45) is 1.90. The summed E-state index contributed by atoms with van der Waals surface area (Å²) in [5, 5.41) is 27.6. The maximum Gasteiger partial charge on any atom is 0.414 e. The van der Waals surface area contributed by atoms with Gasteiger partial charge in [0.2, 0.25) is 0 Å². The molecular formula is C15H21Cl2NO6. The van der Waals surface area contributed by atoms with Crippen LogP contribution in [0.25, 0.3) is 0 Å². The maximum absolute atomic E-state index is 9.10. The topological polar surface area (TPSA) is 116 Å². The standard InChI is InChI=1S/C13H19Cl2NO2.C2H2O4/c1-10-8-11(14)13(12(15)9-10)18-7-3-2-4-16-5-6-17;3-1(4)2(5)6/h8-9,16-17H,2-7H2,1H3;(H,3,4)(H,5,6). The van der Waals surface area contributed by atoms with E-state index in [1.54, 1.807) is 0 Å². The van der Waals surface area contributed by atoms with E-state index in [0.29, 0.717) is 28.9 Å². The molecule has 24 heavy (non-hydrogen) atoms. The predicted octanol–water partition coefficient (Wildman–Crippen LogP) is 2.20. The van der Waals surface area contributed by atoms with Gasteiger partial charge in [0.1, 0.15) is 0 Å². The molecule has 0 fully saturated rings. The van der Waals surface area contributed by atoms with E-state index in [4.69, 9.17) is 52.8 Å². The molecule has 0 bridgehead atoms. The van der Waals surface area contributed by atoms with Crippen molar-refractivity contribution >= 4 is 35.1 Å². The zero-order chi connectivity index (χ0) is 18.5. The van der Waals surface area contributed by atoms with Crippen LogP contribution in [0.2, 0.25) is 10.0 Å². The second-order valence-corrected chi connectivity index (χ2v) is 5.51. The van der Waals surface area contributed by atoms with Crippen molar-refractivity contribution in [3.05, 3.63) is 27.7 Å². The summed E-state index contributed by atoms with van der Waals surface area (Å²) in [7, 11) is 0. The Morgan fingerprint density at radius 3 is 2.08 bits per heavy atom. The van der Waals surface area contributed by atoms with Crippen molar-refractivity contribution in [3.63, 3.8) is 0 Å². The first-order valence-electron chi connectivity index (χ1n) is 7.15. The van der Waals surface area contributed by atoms with Crippen molar-refractivity contribution in [1.82, 2.24) is 5.32 Å². The number of rotatable bonds is 8. The highest BCUT2D eigenvalue weighted by atomic mass is 35.5. The van der Waals surface area contributed by atoms with Crippen molar-refractivity contribution in [2.75, 3.05) is 26.3 Å². The van der Waals surface area contributed by atoms with Gasteiger partial charge in [0.25, 0.3) is 0 Å². The number of halogens is 2. The molecule has 1 aromatic carbocycles. The van der Waals surface area contributed by atoms with E-state index in [1.165, 1.54) is 0 Å². The fourth-order valence-corrected chi connectivity index (χ4v) is 2.26. The molecule has 0 radical (unpaired) electrons. The van der Waals surface area contributed by atoms with Crippen LogP contribution in [0.4, 0.5) is 0 Å². The molecule has 0 saturated heterocycles. The van der Waals surface area contributed by atoms with E-state index in [1.807, 2.05) is 19.1 Å². The number of aliphatic hydroxyl groups excluding tert-OH is 1. The molecule has 0 aliphatic rings. The number of aliphatic hydroxyl groups is 1. The van der Waals surface area contributed by atoms with Gasteiger partial charge in [-0.3, -0.25) is 0 Å². The minimum Gasteiger partial charge on any atom is -0.490 e. The molecule has 1 aromatic rings. The molecular weight excluding hydrogens is 361 g/mol. The summed E-state index contributed by atoms with van der Waals surface area (Å²) >= 11 is 12.1. The van der Waals surface area contributed by atoms with E-state index < -0.39 is 11.9 Å². The predicted molar refractivity (Wildman–Crippen MR) is 91.2 cm³/mol. The Bertz CT molecular complexity index is 504. The highest BCUT2D eigenvalue weighted by Gasteiger charge is 2.08. The third-order valence-corrected chi connectivity index (χ3v) is 3.17. The second-order valence-electron chi connectivity index (χ2n) is 4.70. The van der Waals surface area contributed by atoms with Crippen LogP contribution >= 0.6 is 23.2 Å². The number of carbonyl (C=O) groups is 2. The lowest BCUT2D eigenvalue weighted by Crippen LogP contribution is -2.19. The highest BCUT2D eigenvalue weighted by molar-refractivity contribution is 6.37. The summed E-state index contributed by atoms with van der Waals surface area (Å²) in [4.78, 5) is 18.2. The number of aliphatic carboxylic acids is 2. The number of carboxylic acids is 2. The lowest BCUT2D eigenvalue weighted by atomic mass is 10.2. The summed E-state index contributed by atoms with van der Waals surface area (Å²) in [5.74, 6) is -3.09. The lowest BCUT2D eigenvalue weighted by molar-refractivity contribution is -0.159. The fourth-order valence-electron chi connectivity index (χ4n) is 1.55. The van der Waals surface area contributed by atoms with E-state index in [2.05, 4.69) is 5.32 Å². The van der Waals surface area contributed by atoms with Crippen molar-refractivity contribution in [3.8, 4) is 5.75 Å². The molecule has 0 aliphatic heterocycles. The number of benzene rings is 1. The van der Waals surface area contributed by atoms with Crippen LogP contribution in [0.3, 0.4) is 0 Å². The summed E-state index contributed by atoms with van der Waals surface area (Å²) in [6, 6.07) is 3.68. The molecule has 1 rings (SSSR count). The molecule has 0 spiro atoms. The van der Waals surface area contributed by atoms with Crippen molar-refractivity contribution in [1.29, 1.82) is 0 Å². The molecule has 0 unspecified atom stereocenters. The first-order chi connectivity index (χ1) is 11.3. The van der Waals surface area contributed by atoms with Crippen LogP contribution in [0.15, 0.2) is 12.1 Å². The van der Waals surface area contributed by atoms with Gasteiger partial charge in [0.05, 0.1) is 23.3 Å². The van der Waals surface area contributed by atoms with E-state index in [9.17, 15) is 0 Å². The molecule has 0 saturated carbocycles. The van der Waals surface area contributed by atoms with Crippen LogP contribution in [-0.4, -0.2) is 53.6 Å². The molecule has 0 heterocycles. The Kier molecular flexibility index (Phi) is 12.0. The van der Waals surface area contributed by atoms with Crippen molar-refractivity contribution in [2.24, 2.45) is 0 Å². The number of aryl methyl sites for hydroxylation is 1. The monoisotopic (exact) mass is 381 g/mol. The molecule has 0 aliphatic carbocycles. The molecule has 0 atom stereocenters. The maximum atomic E-state index is 9.10. The number of hydrogen-bond acceptors (Lipinski definition) is 5. The van der Waals surface area contributed by atoms with Gasteiger partial charge in [-0.25, -0.2) is 9.59 Å². The molecule has 0 amide bonds. The van der Waals surface area contributed by atoms with Gasteiger partial charge in [-0.2, -0.15) is 0 Å². The SMILES string of the molecule is Cc1cc(Cl)c(OCCCCNCCO)c(Cl)c1.O=C(O)C(=O)O. The van der Waals surface area contributed by atoms with Crippen LogP contribution < -0.4 is 10.1 Å². The lowest BCUT2D eigenvalue weighted by Gasteiger charge is -2.10. The van der Waals surface area contributed by atoms with Crippen LogP contribution in [0, 0.1) is 6.92 Å². The third kappa shape index (κ3) is 10.3. The molecule has 136 valence electrons. The first-order valence-corrected chi connectivity index (χ1v) is 7.91. The van der Waals surface area contributed by atoms with Crippen molar-refractivity contribution < 1.29 is 29.6 Å². The summed E-state index contributed by atoms with van der Waals surface area (Å²) < 4.78 is 5.59. The van der Waals surface area contributed by atoms with Gasteiger partial charge in [0.15, 0.2) is 5.75 Å². The van der Waals surface area contributed by atoms with Gasteiger partial charge in [-0.05, 0) is 44.0 Å². The Balaban J connectivity index is 0.000000754. The number of nitrogens with one attached hydrogen (secondary N) is 1.